The summed E-state index contributed by atoms with van der Waals surface area (Å²) in [4.78, 5) is 12.6. The lowest BCUT2D eigenvalue weighted by atomic mass is 10.1. The summed E-state index contributed by atoms with van der Waals surface area (Å²) in [5.74, 6) is -2.13. The van der Waals surface area contributed by atoms with Crippen molar-refractivity contribution in [1.82, 2.24) is 15.1 Å². The highest BCUT2D eigenvalue weighted by molar-refractivity contribution is 5.94. The first-order valence-corrected chi connectivity index (χ1v) is 8.49. The van der Waals surface area contributed by atoms with Crippen molar-refractivity contribution >= 4 is 5.91 Å². The van der Waals surface area contributed by atoms with E-state index >= 15 is 0 Å². The van der Waals surface area contributed by atoms with Crippen molar-refractivity contribution < 1.29 is 18.7 Å². The van der Waals surface area contributed by atoms with Crippen molar-refractivity contribution in [3.8, 4) is 5.69 Å². The third-order valence-corrected chi connectivity index (χ3v) is 4.47. The molecule has 134 valence electrons. The highest BCUT2D eigenvalue weighted by Gasteiger charge is 2.27. The van der Waals surface area contributed by atoms with E-state index in [1.807, 2.05) is 6.92 Å². The molecule has 0 aliphatic heterocycles. The molecule has 5 nitrogen and oxygen atoms in total. The van der Waals surface area contributed by atoms with Crippen molar-refractivity contribution in [2.45, 2.75) is 45.1 Å². The molecule has 1 atom stereocenters. The maximum absolute atomic E-state index is 13.6. The molecule has 1 aliphatic rings. The number of carbonyl (C=O) groups is 1. The van der Waals surface area contributed by atoms with Gasteiger partial charge in [-0.3, -0.25) is 4.79 Å². The van der Waals surface area contributed by atoms with Gasteiger partial charge in [0, 0.05) is 30.0 Å². The van der Waals surface area contributed by atoms with Gasteiger partial charge in [0.25, 0.3) is 5.91 Å². The van der Waals surface area contributed by atoms with Crippen LogP contribution in [0.25, 0.3) is 5.69 Å². The zero-order valence-corrected chi connectivity index (χ0v) is 14.1. The predicted molar refractivity (Wildman–Crippen MR) is 88.8 cm³/mol. The van der Waals surface area contributed by atoms with E-state index in [1.165, 1.54) is 10.7 Å². The Balaban J connectivity index is 1.89. The minimum Gasteiger partial charge on any atom is -0.396 e. The van der Waals surface area contributed by atoms with E-state index in [2.05, 4.69) is 10.4 Å². The van der Waals surface area contributed by atoms with Gasteiger partial charge in [0.05, 0.1) is 5.69 Å². The highest BCUT2D eigenvalue weighted by Crippen LogP contribution is 2.28. The Labute approximate surface area is 144 Å². The molecule has 1 amide bonds. The molecule has 1 aliphatic carbocycles. The largest absolute Gasteiger partial charge is 0.396 e. The minimum absolute atomic E-state index is 0.0786. The van der Waals surface area contributed by atoms with Crippen molar-refractivity contribution in [2.75, 3.05) is 6.61 Å². The van der Waals surface area contributed by atoms with Gasteiger partial charge in [-0.15, -0.1) is 0 Å². The molecule has 0 bridgehead atoms. The fraction of sp³-hybridized carbons (Fsp3) is 0.444. The van der Waals surface area contributed by atoms with Crippen LogP contribution in [0, 0.1) is 11.6 Å². The average molecular weight is 349 g/mol. The van der Waals surface area contributed by atoms with Crippen molar-refractivity contribution in [3.05, 3.63) is 46.8 Å². The van der Waals surface area contributed by atoms with E-state index in [0.29, 0.717) is 24.2 Å². The fourth-order valence-electron chi connectivity index (χ4n) is 3.21. The lowest BCUT2D eigenvalue weighted by Gasteiger charge is -2.12. The molecular weight excluding hydrogens is 328 g/mol. The van der Waals surface area contributed by atoms with E-state index in [0.717, 1.165) is 42.7 Å². The van der Waals surface area contributed by atoms with Gasteiger partial charge in [-0.25, -0.2) is 13.5 Å². The molecule has 0 saturated heterocycles. The molecule has 2 N–H and O–H groups in total. The summed E-state index contributed by atoms with van der Waals surface area (Å²) in [7, 11) is 0. The third-order valence-electron chi connectivity index (χ3n) is 4.47. The maximum atomic E-state index is 13.6. The SMILES string of the molecule is CC(CCCO)NC(=O)c1nn(-c2ccc(F)c(F)c2)c2c1CCC2. The van der Waals surface area contributed by atoms with Crippen LogP contribution in [0.5, 0.6) is 0 Å². The summed E-state index contributed by atoms with van der Waals surface area (Å²) in [6.07, 6.45) is 3.68. The number of nitrogens with one attached hydrogen (secondary N) is 1. The van der Waals surface area contributed by atoms with Gasteiger partial charge < -0.3 is 10.4 Å². The fourth-order valence-corrected chi connectivity index (χ4v) is 3.21. The molecular formula is C18H21F2N3O2. The number of hydrogen-bond donors (Lipinski definition) is 2. The number of nitrogens with zero attached hydrogens (tertiary/aromatic N) is 2. The normalized spacial score (nSPS) is 14.4. The Hall–Kier alpha value is -2.28. The molecule has 1 aromatic heterocycles. The predicted octanol–water partition coefficient (Wildman–Crippen LogP) is 2.53. The number of aliphatic hydroxyl groups is 1. The summed E-state index contributed by atoms with van der Waals surface area (Å²) in [5.41, 5.74) is 2.49. The van der Waals surface area contributed by atoms with E-state index in [1.54, 1.807) is 0 Å². The first kappa shape index (κ1) is 17.5. The summed E-state index contributed by atoms with van der Waals surface area (Å²) in [6, 6.07) is 3.53. The first-order valence-electron chi connectivity index (χ1n) is 8.49. The van der Waals surface area contributed by atoms with Crippen LogP contribution in [0.2, 0.25) is 0 Å². The first-order chi connectivity index (χ1) is 12.0. The number of fused-ring (bicyclic) bond motifs is 1. The summed E-state index contributed by atoms with van der Waals surface area (Å²) in [5, 5.41) is 16.1. The lowest BCUT2D eigenvalue weighted by Crippen LogP contribution is -2.33. The van der Waals surface area contributed by atoms with Gasteiger partial charge in [-0.05, 0) is 51.2 Å². The van der Waals surface area contributed by atoms with E-state index in [4.69, 9.17) is 5.11 Å². The second kappa shape index (κ2) is 7.31. The van der Waals surface area contributed by atoms with Crippen LogP contribution >= 0.6 is 0 Å². The van der Waals surface area contributed by atoms with Gasteiger partial charge in [0.2, 0.25) is 0 Å². The number of hydrogen-bond acceptors (Lipinski definition) is 3. The molecule has 3 rings (SSSR count). The van der Waals surface area contributed by atoms with Gasteiger partial charge in [-0.1, -0.05) is 0 Å². The number of benzene rings is 1. The molecule has 1 heterocycles. The van der Waals surface area contributed by atoms with Crippen LogP contribution in [-0.4, -0.2) is 33.4 Å². The lowest BCUT2D eigenvalue weighted by molar-refractivity contribution is 0.0930. The molecule has 0 spiro atoms. The molecule has 7 heteroatoms. The number of rotatable bonds is 6. The Morgan fingerprint density at radius 3 is 2.88 bits per heavy atom. The number of amides is 1. The molecule has 1 unspecified atom stereocenters. The van der Waals surface area contributed by atoms with Crippen molar-refractivity contribution in [2.24, 2.45) is 0 Å². The Morgan fingerprint density at radius 1 is 1.36 bits per heavy atom. The van der Waals surface area contributed by atoms with Gasteiger partial charge in [-0.2, -0.15) is 5.10 Å². The molecule has 25 heavy (non-hydrogen) atoms. The summed E-state index contributed by atoms with van der Waals surface area (Å²) < 4.78 is 28.3. The zero-order chi connectivity index (χ0) is 18.0. The molecule has 0 radical (unpaired) electrons. The monoisotopic (exact) mass is 349 g/mol. The van der Waals surface area contributed by atoms with Crippen LogP contribution in [0.15, 0.2) is 18.2 Å². The number of aromatic nitrogens is 2. The average Bonchev–Trinajstić information content (AvgIpc) is 3.17. The smallest absolute Gasteiger partial charge is 0.272 e. The van der Waals surface area contributed by atoms with Gasteiger partial charge >= 0.3 is 0 Å². The number of halogens is 2. The third kappa shape index (κ3) is 3.56. The summed E-state index contributed by atoms with van der Waals surface area (Å²) in [6.45, 7) is 1.96. The number of aliphatic hydroxyl groups excluding tert-OH is 1. The van der Waals surface area contributed by atoms with Crippen LogP contribution in [-0.2, 0) is 12.8 Å². The van der Waals surface area contributed by atoms with Gasteiger partial charge in [0.15, 0.2) is 17.3 Å². The second-order valence-electron chi connectivity index (χ2n) is 6.38. The Bertz CT molecular complexity index is 789. The number of carbonyl (C=O) groups excluding carboxylic acids is 1. The van der Waals surface area contributed by atoms with Crippen LogP contribution in [0.1, 0.15) is 47.9 Å². The molecule has 1 aromatic carbocycles. The van der Waals surface area contributed by atoms with Crippen LogP contribution in [0.3, 0.4) is 0 Å². The Morgan fingerprint density at radius 2 is 2.16 bits per heavy atom. The summed E-state index contributed by atoms with van der Waals surface area (Å²) >= 11 is 0. The highest BCUT2D eigenvalue weighted by atomic mass is 19.2. The van der Waals surface area contributed by atoms with Crippen LogP contribution in [0.4, 0.5) is 8.78 Å². The van der Waals surface area contributed by atoms with E-state index in [-0.39, 0.29) is 18.6 Å². The topological polar surface area (TPSA) is 67.2 Å². The van der Waals surface area contributed by atoms with Crippen LogP contribution < -0.4 is 5.32 Å². The molecule has 0 fully saturated rings. The Kier molecular flexibility index (Phi) is 5.13. The zero-order valence-electron chi connectivity index (χ0n) is 14.1. The molecule has 2 aromatic rings. The van der Waals surface area contributed by atoms with Crippen molar-refractivity contribution in [3.63, 3.8) is 0 Å². The van der Waals surface area contributed by atoms with E-state index < -0.39 is 11.6 Å². The standard InChI is InChI=1S/C18H21F2N3O2/c1-11(4-3-9-24)21-18(25)17-13-5-2-6-16(13)23(22-17)12-7-8-14(19)15(20)10-12/h7-8,10-11,24H,2-6,9H2,1H3,(H,21,25). The van der Waals surface area contributed by atoms with E-state index in [9.17, 15) is 13.6 Å². The maximum Gasteiger partial charge on any atom is 0.272 e. The van der Waals surface area contributed by atoms with Gasteiger partial charge in [0.1, 0.15) is 0 Å². The second-order valence-corrected chi connectivity index (χ2v) is 6.38. The quantitative estimate of drug-likeness (QED) is 0.842. The molecule has 0 saturated carbocycles. The minimum atomic E-state index is -0.941. The van der Waals surface area contributed by atoms with Crippen molar-refractivity contribution in [1.29, 1.82) is 0 Å².